The van der Waals surface area contributed by atoms with Crippen LogP contribution in [0.4, 0.5) is 11.4 Å². The van der Waals surface area contributed by atoms with Gasteiger partial charge >= 0.3 is 5.97 Å². The molecule has 3 amide bonds. The number of nitrogens with two attached hydrogens (primary N) is 1. The minimum Gasteiger partial charge on any atom is -0.481 e. The van der Waals surface area contributed by atoms with E-state index in [2.05, 4.69) is 10.6 Å². The quantitative estimate of drug-likeness (QED) is 0.184. The number of carboxylic acid groups (broad SMARTS) is 1. The molecular formula is C27H33ClN4O8. The highest BCUT2D eigenvalue weighted by atomic mass is 35.5. The number of nitrogens with one attached hydrogen (secondary N) is 2. The smallest absolute Gasteiger partial charge is 0.305 e. The Hall–Kier alpha value is -4.29. The maximum atomic E-state index is 12.5. The van der Waals surface area contributed by atoms with E-state index in [1.54, 1.807) is 19.1 Å². The van der Waals surface area contributed by atoms with Gasteiger partial charge in [-0.25, -0.2) is 0 Å². The lowest BCUT2D eigenvalue weighted by molar-refractivity contribution is -0.138. The molecule has 13 heteroatoms. The predicted octanol–water partition coefficient (Wildman–Crippen LogP) is 1.50. The molecule has 12 nitrogen and oxygen atoms in total. The summed E-state index contributed by atoms with van der Waals surface area (Å²) < 4.78 is 0. The molecule has 2 aromatic rings. The number of hydrogen-bond donors (Lipinski definition) is 5. The van der Waals surface area contributed by atoms with Crippen molar-refractivity contribution in [3.63, 3.8) is 0 Å². The second-order valence-corrected chi connectivity index (χ2v) is 8.99. The number of aliphatic carboxylic acids is 1. The maximum absolute atomic E-state index is 12.5. The van der Waals surface area contributed by atoms with Gasteiger partial charge in [-0.1, -0.05) is 36.7 Å². The molecule has 0 saturated heterocycles. The largest absolute Gasteiger partial charge is 0.481 e. The number of amides is 3. The first-order valence-electron chi connectivity index (χ1n) is 12.1. The number of carbonyl (C=O) groups excluding carboxylic acids is 5. The molecule has 0 saturated carbocycles. The number of benzene rings is 2. The van der Waals surface area contributed by atoms with E-state index in [1.165, 1.54) is 30.0 Å². The zero-order valence-corrected chi connectivity index (χ0v) is 23.1. The average molecular weight is 577 g/mol. The summed E-state index contributed by atoms with van der Waals surface area (Å²) in [6, 6.07) is 9.59. The van der Waals surface area contributed by atoms with E-state index in [9.17, 15) is 33.9 Å². The first-order valence-corrected chi connectivity index (χ1v) is 12.5. The van der Waals surface area contributed by atoms with E-state index in [0.29, 0.717) is 17.7 Å². The number of para-hydroxylation sites is 1. The Balaban J connectivity index is 0.000000562. The number of Topliss-reactive ketones (excluding diaryl/α,β-unsaturated/α-hetero) is 1. The molecule has 0 heterocycles. The van der Waals surface area contributed by atoms with Crippen molar-refractivity contribution in [1.29, 1.82) is 0 Å². The average Bonchev–Trinajstić information content (AvgIpc) is 2.91. The van der Waals surface area contributed by atoms with Crippen molar-refractivity contribution in [3.05, 3.63) is 58.6 Å². The summed E-state index contributed by atoms with van der Waals surface area (Å²) in [5.41, 5.74) is 7.57. The van der Waals surface area contributed by atoms with E-state index in [4.69, 9.17) is 22.4 Å². The van der Waals surface area contributed by atoms with Gasteiger partial charge in [0.1, 0.15) is 18.9 Å². The first-order chi connectivity index (χ1) is 18.8. The van der Waals surface area contributed by atoms with Gasteiger partial charge in [0.15, 0.2) is 5.78 Å². The zero-order valence-electron chi connectivity index (χ0n) is 22.3. The lowest BCUT2D eigenvalue weighted by Crippen LogP contribution is -2.50. The van der Waals surface area contributed by atoms with Crippen molar-refractivity contribution in [3.8, 4) is 0 Å². The van der Waals surface area contributed by atoms with Crippen molar-refractivity contribution in [2.24, 2.45) is 0 Å². The molecule has 0 aliphatic heterocycles. The molecular weight excluding hydrogens is 544 g/mol. The number of aryl methyl sites for hydroxylation is 1. The summed E-state index contributed by atoms with van der Waals surface area (Å²) in [5, 5.41) is 22.7. The van der Waals surface area contributed by atoms with Crippen molar-refractivity contribution >= 4 is 58.7 Å². The molecule has 0 fully saturated rings. The third kappa shape index (κ3) is 10.8. The highest BCUT2D eigenvalue weighted by Crippen LogP contribution is 2.21. The molecule has 2 unspecified atom stereocenters. The Morgan fingerprint density at radius 3 is 2.25 bits per heavy atom. The fourth-order valence-electron chi connectivity index (χ4n) is 3.28. The van der Waals surface area contributed by atoms with Gasteiger partial charge in [0, 0.05) is 17.7 Å². The standard InChI is InChI=1S/C20H22ClN3O4.C7H11NO4/c1-12-5-3-4-6-18(12)24(19(27)11-25)10-17(13(2)26)23-20(28)14-7-8-16(22)15(21)9-14;1-2-6(10)8-5(4-9)3-7(11)12/h3-9,17,25H,10-11,22H2,1-2H3,(H,23,28);4-5H,2-3H2,1H3,(H,8,10)(H,11,12). The van der Waals surface area contributed by atoms with E-state index in [0.717, 1.165) is 5.56 Å². The summed E-state index contributed by atoms with van der Waals surface area (Å²) in [6.07, 6.45) is 0.293. The molecule has 216 valence electrons. The van der Waals surface area contributed by atoms with Crippen LogP contribution in [-0.2, 0) is 24.0 Å². The van der Waals surface area contributed by atoms with Crippen molar-refractivity contribution in [2.75, 3.05) is 23.8 Å². The number of aliphatic hydroxyl groups excluding tert-OH is 1. The highest BCUT2D eigenvalue weighted by molar-refractivity contribution is 6.33. The van der Waals surface area contributed by atoms with Gasteiger partial charge < -0.3 is 36.3 Å². The maximum Gasteiger partial charge on any atom is 0.305 e. The third-order valence-electron chi connectivity index (χ3n) is 5.49. The zero-order chi connectivity index (χ0) is 30.4. The number of rotatable bonds is 12. The Labute approximate surface area is 236 Å². The molecule has 2 aromatic carbocycles. The lowest BCUT2D eigenvalue weighted by atomic mass is 10.1. The minimum atomic E-state index is -1.11. The summed E-state index contributed by atoms with van der Waals surface area (Å²) in [6.45, 7) is 3.91. The number of halogens is 1. The molecule has 2 atom stereocenters. The third-order valence-corrected chi connectivity index (χ3v) is 5.82. The monoisotopic (exact) mass is 576 g/mol. The summed E-state index contributed by atoms with van der Waals surface area (Å²) in [5.74, 6) is -2.87. The van der Waals surface area contributed by atoms with Gasteiger partial charge in [-0.2, -0.15) is 0 Å². The second kappa shape index (κ2) is 16.6. The van der Waals surface area contributed by atoms with Crippen molar-refractivity contribution in [1.82, 2.24) is 10.6 Å². The Bertz CT molecular complexity index is 1240. The summed E-state index contributed by atoms with van der Waals surface area (Å²) in [7, 11) is 0. The molecule has 0 spiro atoms. The van der Waals surface area contributed by atoms with Gasteiger partial charge in [0.2, 0.25) is 5.91 Å². The molecule has 6 N–H and O–H groups in total. The van der Waals surface area contributed by atoms with Crippen LogP contribution in [0.2, 0.25) is 5.02 Å². The number of carboxylic acids is 1. The molecule has 40 heavy (non-hydrogen) atoms. The van der Waals surface area contributed by atoms with E-state index in [1.807, 2.05) is 19.1 Å². The first kappa shape index (κ1) is 33.7. The number of aldehydes is 1. The lowest BCUT2D eigenvalue weighted by Gasteiger charge is -2.28. The van der Waals surface area contributed by atoms with E-state index < -0.39 is 36.5 Å². The molecule has 0 bridgehead atoms. The van der Waals surface area contributed by atoms with E-state index >= 15 is 0 Å². The van der Waals surface area contributed by atoms with Crippen LogP contribution >= 0.6 is 11.6 Å². The van der Waals surface area contributed by atoms with Crippen LogP contribution in [0.5, 0.6) is 0 Å². The number of carbonyl (C=O) groups is 6. The Morgan fingerprint density at radius 1 is 1.10 bits per heavy atom. The number of anilines is 2. The molecule has 0 aromatic heterocycles. The minimum absolute atomic E-state index is 0.117. The number of nitrogen functional groups attached to an aromatic ring is 1. The summed E-state index contributed by atoms with van der Waals surface area (Å²) >= 11 is 5.95. The SMILES string of the molecule is CC(=O)C(CN(C(=O)CO)c1ccccc1C)NC(=O)c1ccc(N)c(Cl)c1.CCC(=O)NC(C=O)CC(=O)O. The van der Waals surface area contributed by atoms with Gasteiger partial charge in [0.25, 0.3) is 11.8 Å². The number of nitrogens with zero attached hydrogens (tertiary/aromatic N) is 1. The van der Waals surface area contributed by atoms with Crippen molar-refractivity contribution < 1.29 is 39.0 Å². The Kier molecular flexibility index (Phi) is 14.0. The number of hydrogen-bond acceptors (Lipinski definition) is 8. The van der Waals surface area contributed by atoms with Crippen LogP contribution in [0.25, 0.3) is 0 Å². The molecule has 0 aliphatic carbocycles. The summed E-state index contributed by atoms with van der Waals surface area (Å²) in [4.78, 5) is 69.3. The topological polar surface area (TPSA) is 196 Å². The normalized spacial score (nSPS) is 11.6. The van der Waals surface area contributed by atoms with Crippen LogP contribution in [0.15, 0.2) is 42.5 Å². The van der Waals surface area contributed by atoms with Gasteiger partial charge in [-0.15, -0.1) is 0 Å². The van der Waals surface area contributed by atoms with Gasteiger partial charge in [0.05, 0.1) is 29.7 Å². The highest BCUT2D eigenvalue weighted by Gasteiger charge is 2.26. The fraction of sp³-hybridized carbons (Fsp3) is 0.333. The van der Waals surface area contributed by atoms with E-state index in [-0.39, 0.29) is 41.7 Å². The molecule has 2 rings (SSSR count). The van der Waals surface area contributed by atoms with Crippen LogP contribution in [0.3, 0.4) is 0 Å². The van der Waals surface area contributed by atoms with Gasteiger partial charge in [-0.3, -0.25) is 24.0 Å². The number of ketones is 1. The fourth-order valence-corrected chi connectivity index (χ4v) is 3.47. The Morgan fingerprint density at radius 2 is 1.75 bits per heavy atom. The van der Waals surface area contributed by atoms with Crippen LogP contribution in [0, 0.1) is 6.92 Å². The number of aliphatic hydroxyl groups is 1. The van der Waals surface area contributed by atoms with Gasteiger partial charge in [-0.05, 0) is 43.7 Å². The van der Waals surface area contributed by atoms with Crippen LogP contribution < -0.4 is 21.3 Å². The molecule has 0 aliphatic rings. The second-order valence-electron chi connectivity index (χ2n) is 8.58. The van der Waals surface area contributed by atoms with Crippen molar-refractivity contribution in [2.45, 2.75) is 45.7 Å². The molecule has 0 radical (unpaired) electrons. The predicted molar refractivity (Wildman–Crippen MR) is 149 cm³/mol. The van der Waals surface area contributed by atoms with Crippen LogP contribution in [0.1, 0.15) is 42.6 Å². The van der Waals surface area contributed by atoms with Crippen LogP contribution in [-0.4, -0.2) is 71.2 Å².